The lowest BCUT2D eigenvalue weighted by atomic mass is 10.0. The number of rotatable bonds is 5. The molecule has 0 saturated carbocycles. The molecule has 1 fully saturated rings. The summed E-state index contributed by atoms with van der Waals surface area (Å²) in [5.74, 6) is 1.20. The molecule has 0 bridgehead atoms. The molecule has 1 aliphatic rings. The number of ether oxygens (including phenoxy) is 1. The highest BCUT2D eigenvalue weighted by molar-refractivity contribution is 5.76. The maximum Gasteiger partial charge on any atom is 0.222 e. The molecule has 26 heavy (non-hydrogen) atoms. The van der Waals surface area contributed by atoms with Crippen molar-refractivity contribution in [2.45, 2.75) is 40.0 Å². The molecule has 1 saturated heterocycles. The highest BCUT2D eigenvalue weighted by atomic mass is 16.5. The van der Waals surface area contributed by atoms with Crippen molar-refractivity contribution >= 4 is 5.91 Å². The Morgan fingerprint density at radius 2 is 2.15 bits per heavy atom. The Hall–Kier alpha value is -2.28. The van der Waals surface area contributed by atoms with Crippen molar-refractivity contribution in [3.05, 3.63) is 40.8 Å². The summed E-state index contributed by atoms with van der Waals surface area (Å²) in [4.78, 5) is 23.1. The second-order valence-corrected chi connectivity index (χ2v) is 6.94. The van der Waals surface area contributed by atoms with Gasteiger partial charge >= 0.3 is 0 Å². The van der Waals surface area contributed by atoms with E-state index >= 15 is 0 Å². The first-order valence-electron chi connectivity index (χ1n) is 9.07. The third-order valence-electron chi connectivity index (χ3n) is 4.82. The second-order valence-electron chi connectivity index (χ2n) is 6.94. The maximum atomic E-state index is 12.7. The predicted octanol–water partition coefficient (Wildman–Crippen LogP) is 2.04. The number of hydrogen-bond acceptors (Lipinski definition) is 6. The summed E-state index contributed by atoms with van der Waals surface area (Å²) < 4.78 is 10.9. The molecule has 3 rings (SSSR count). The molecule has 1 atom stereocenters. The molecule has 0 radical (unpaired) electrons. The van der Waals surface area contributed by atoms with Crippen LogP contribution < -0.4 is 0 Å². The Kier molecular flexibility index (Phi) is 5.98. The Morgan fingerprint density at radius 3 is 2.88 bits per heavy atom. The number of carbonyl (C=O) groups excluding carboxylic acids is 1. The summed E-state index contributed by atoms with van der Waals surface area (Å²) in [5.41, 5.74) is 3.86. The normalized spacial score (nSPS) is 18.0. The van der Waals surface area contributed by atoms with E-state index in [2.05, 4.69) is 15.1 Å². The topological polar surface area (TPSA) is 81.4 Å². The average Bonchev–Trinajstić information content (AvgIpc) is 2.80. The number of hydrogen-bond donors (Lipinski definition) is 0. The fourth-order valence-corrected chi connectivity index (χ4v) is 3.40. The minimum atomic E-state index is 0.152. The second kappa shape index (κ2) is 8.40. The molecule has 7 nitrogen and oxygen atoms in total. The highest BCUT2D eigenvalue weighted by Gasteiger charge is 2.23. The summed E-state index contributed by atoms with van der Waals surface area (Å²) in [5, 5.41) is 3.96. The first kappa shape index (κ1) is 18.5. The number of aryl methyl sites for hydroxylation is 3. The van der Waals surface area contributed by atoms with Crippen molar-refractivity contribution in [2.24, 2.45) is 5.92 Å². The summed E-state index contributed by atoms with van der Waals surface area (Å²) in [7, 11) is 0. The Morgan fingerprint density at radius 1 is 1.31 bits per heavy atom. The van der Waals surface area contributed by atoms with Crippen LogP contribution in [0.1, 0.15) is 34.8 Å². The smallest absolute Gasteiger partial charge is 0.222 e. The van der Waals surface area contributed by atoms with E-state index in [4.69, 9.17) is 9.26 Å². The molecule has 1 unspecified atom stereocenters. The van der Waals surface area contributed by atoms with Crippen LogP contribution in [0.5, 0.6) is 0 Å². The summed E-state index contributed by atoms with van der Waals surface area (Å²) in [6, 6.07) is 1.99. The molecule has 0 spiro atoms. The van der Waals surface area contributed by atoms with Gasteiger partial charge in [-0.15, -0.1) is 0 Å². The molecule has 0 N–H and O–H groups in total. The molecule has 140 valence electrons. The van der Waals surface area contributed by atoms with Gasteiger partial charge in [-0.3, -0.25) is 4.79 Å². The van der Waals surface area contributed by atoms with Gasteiger partial charge in [0, 0.05) is 42.4 Å². The molecule has 1 amide bonds. The lowest BCUT2D eigenvalue weighted by molar-refractivity contribution is -0.131. The summed E-state index contributed by atoms with van der Waals surface area (Å²) in [6.45, 7) is 8.32. The van der Waals surface area contributed by atoms with Gasteiger partial charge in [0.25, 0.3) is 0 Å². The van der Waals surface area contributed by atoms with Gasteiger partial charge in [0.15, 0.2) is 0 Å². The summed E-state index contributed by atoms with van der Waals surface area (Å²) >= 11 is 0. The van der Waals surface area contributed by atoms with Gasteiger partial charge in [0.05, 0.1) is 18.9 Å². The van der Waals surface area contributed by atoms with Gasteiger partial charge in [0.2, 0.25) is 5.91 Å². The largest absolute Gasteiger partial charge is 0.379 e. The Labute approximate surface area is 153 Å². The molecular formula is C19H26N4O3. The van der Waals surface area contributed by atoms with E-state index in [0.29, 0.717) is 39.1 Å². The lowest BCUT2D eigenvalue weighted by Gasteiger charge is -2.23. The first-order valence-corrected chi connectivity index (χ1v) is 9.07. The monoisotopic (exact) mass is 358 g/mol. The van der Waals surface area contributed by atoms with Crippen molar-refractivity contribution in [1.29, 1.82) is 0 Å². The fourth-order valence-electron chi connectivity index (χ4n) is 3.40. The Balaban J connectivity index is 1.58. The van der Waals surface area contributed by atoms with Gasteiger partial charge in [-0.2, -0.15) is 0 Å². The lowest BCUT2D eigenvalue weighted by Crippen LogP contribution is -2.36. The van der Waals surface area contributed by atoms with Crippen LogP contribution in [0.15, 0.2) is 16.9 Å². The number of aromatic nitrogens is 3. The molecule has 0 aromatic carbocycles. The number of carbonyl (C=O) groups is 1. The van der Waals surface area contributed by atoms with Gasteiger partial charge < -0.3 is 14.2 Å². The van der Waals surface area contributed by atoms with Crippen molar-refractivity contribution < 1.29 is 14.1 Å². The third-order valence-corrected chi connectivity index (χ3v) is 4.82. The highest BCUT2D eigenvalue weighted by Crippen LogP contribution is 2.17. The maximum absolute atomic E-state index is 12.7. The fraction of sp³-hybridized carbons (Fsp3) is 0.579. The first-order chi connectivity index (χ1) is 12.5. The van der Waals surface area contributed by atoms with Crippen molar-refractivity contribution in [3.8, 4) is 0 Å². The van der Waals surface area contributed by atoms with Crippen LogP contribution in [0.2, 0.25) is 0 Å². The van der Waals surface area contributed by atoms with Crippen molar-refractivity contribution in [2.75, 3.05) is 26.3 Å². The molecular weight excluding hydrogens is 332 g/mol. The zero-order valence-corrected chi connectivity index (χ0v) is 15.7. The van der Waals surface area contributed by atoms with E-state index in [1.54, 1.807) is 6.33 Å². The van der Waals surface area contributed by atoms with E-state index in [1.165, 1.54) is 0 Å². The van der Waals surface area contributed by atoms with Crippen LogP contribution in [0.4, 0.5) is 0 Å². The quantitative estimate of drug-likeness (QED) is 0.814. The molecule has 7 heteroatoms. The molecule has 2 aromatic rings. The van der Waals surface area contributed by atoms with Crippen LogP contribution in [0.3, 0.4) is 0 Å². The van der Waals surface area contributed by atoms with E-state index in [0.717, 1.165) is 34.8 Å². The van der Waals surface area contributed by atoms with Crippen LogP contribution >= 0.6 is 0 Å². The van der Waals surface area contributed by atoms with Crippen LogP contribution in [-0.4, -0.2) is 52.2 Å². The van der Waals surface area contributed by atoms with Gasteiger partial charge in [-0.25, -0.2) is 9.97 Å². The number of nitrogens with zero attached hydrogens (tertiary/aromatic N) is 4. The SMILES string of the molecule is Cc1cc(CC2COCCN(C(=O)CCc3c(C)noc3C)C2)ncn1. The van der Waals surface area contributed by atoms with Gasteiger partial charge in [0.1, 0.15) is 12.1 Å². The van der Waals surface area contributed by atoms with E-state index in [9.17, 15) is 4.79 Å². The van der Waals surface area contributed by atoms with Crippen molar-refractivity contribution in [3.63, 3.8) is 0 Å². The third kappa shape index (κ3) is 4.66. The van der Waals surface area contributed by atoms with E-state index < -0.39 is 0 Å². The molecule has 3 heterocycles. The standard InChI is InChI=1S/C19H26N4O3/c1-13-8-17(21-12-20-13)9-16-10-23(6-7-25-11-16)19(24)5-4-18-14(2)22-26-15(18)3/h8,12,16H,4-7,9-11H2,1-3H3. The van der Waals surface area contributed by atoms with Gasteiger partial charge in [-0.05, 0) is 39.7 Å². The van der Waals surface area contributed by atoms with Crippen LogP contribution in [-0.2, 0) is 22.4 Å². The summed E-state index contributed by atoms with van der Waals surface area (Å²) in [6.07, 6.45) is 3.50. The average molecular weight is 358 g/mol. The number of amides is 1. The van der Waals surface area contributed by atoms with E-state index in [-0.39, 0.29) is 11.8 Å². The zero-order valence-electron chi connectivity index (χ0n) is 15.7. The van der Waals surface area contributed by atoms with Gasteiger partial charge in [-0.1, -0.05) is 5.16 Å². The zero-order chi connectivity index (χ0) is 18.5. The molecule has 2 aromatic heterocycles. The Bertz CT molecular complexity index is 739. The molecule has 0 aliphatic carbocycles. The minimum Gasteiger partial charge on any atom is -0.379 e. The van der Waals surface area contributed by atoms with Crippen LogP contribution in [0.25, 0.3) is 0 Å². The van der Waals surface area contributed by atoms with Crippen molar-refractivity contribution in [1.82, 2.24) is 20.0 Å². The molecule has 1 aliphatic heterocycles. The van der Waals surface area contributed by atoms with Crippen LogP contribution in [0, 0.1) is 26.7 Å². The predicted molar refractivity (Wildman–Crippen MR) is 95.7 cm³/mol. The van der Waals surface area contributed by atoms with E-state index in [1.807, 2.05) is 31.7 Å². The minimum absolute atomic E-state index is 0.152.